The number of piperidine rings is 1. The molecule has 2 aliphatic rings. The lowest BCUT2D eigenvalue weighted by atomic mass is 9.89. The third kappa shape index (κ3) is 4.23. The normalized spacial score (nSPS) is 18.2. The number of oxazole rings is 1. The number of carbonyl (C=O) groups is 1. The molecule has 3 aromatic rings. The molecular formula is C24H27N5O3. The number of morpholine rings is 1. The molecule has 0 N–H and O–H groups in total. The summed E-state index contributed by atoms with van der Waals surface area (Å²) in [6.07, 6.45) is 5.38. The number of hydrogen-bond acceptors (Lipinski definition) is 7. The summed E-state index contributed by atoms with van der Waals surface area (Å²) < 4.78 is 12.0. The highest BCUT2D eigenvalue weighted by molar-refractivity contribution is 5.79. The predicted molar refractivity (Wildman–Crippen MR) is 119 cm³/mol. The van der Waals surface area contributed by atoms with E-state index in [-0.39, 0.29) is 17.9 Å². The first-order chi connectivity index (χ1) is 15.6. The van der Waals surface area contributed by atoms with Crippen molar-refractivity contribution in [3.8, 4) is 11.5 Å². The van der Waals surface area contributed by atoms with Gasteiger partial charge in [0.2, 0.25) is 17.7 Å². The zero-order valence-electron chi connectivity index (χ0n) is 18.2. The molecule has 0 unspecified atom stereocenters. The molecule has 0 aliphatic carbocycles. The summed E-state index contributed by atoms with van der Waals surface area (Å²) in [5.74, 6) is 2.07. The van der Waals surface area contributed by atoms with E-state index in [1.165, 1.54) is 0 Å². The smallest absolute Gasteiger partial charge is 0.228 e. The minimum atomic E-state index is -0.251. The number of nitrogens with zero attached hydrogens (tertiary/aromatic N) is 5. The van der Waals surface area contributed by atoms with Gasteiger partial charge >= 0.3 is 0 Å². The monoisotopic (exact) mass is 433 g/mol. The molecule has 8 nitrogen and oxygen atoms in total. The number of aromatic nitrogens is 3. The van der Waals surface area contributed by atoms with E-state index in [0.29, 0.717) is 37.0 Å². The second kappa shape index (κ2) is 8.70. The molecule has 0 bridgehead atoms. The number of aryl methyl sites for hydroxylation is 1. The zero-order valence-corrected chi connectivity index (χ0v) is 18.2. The predicted octanol–water partition coefficient (Wildman–Crippen LogP) is 2.88. The average molecular weight is 434 g/mol. The molecule has 2 aliphatic heterocycles. The highest BCUT2D eigenvalue weighted by atomic mass is 16.5. The number of ether oxygens (including phenoxy) is 1. The van der Waals surface area contributed by atoms with Crippen molar-refractivity contribution in [2.75, 3.05) is 37.7 Å². The van der Waals surface area contributed by atoms with Crippen molar-refractivity contribution in [3.05, 3.63) is 60.2 Å². The van der Waals surface area contributed by atoms with Crippen molar-refractivity contribution < 1.29 is 13.9 Å². The van der Waals surface area contributed by atoms with Crippen LogP contribution in [0.2, 0.25) is 0 Å². The van der Waals surface area contributed by atoms with Crippen molar-refractivity contribution in [2.24, 2.45) is 0 Å². The molecule has 0 atom stereocenters. The molecule has 166 valence electrons. The fraction of sp³-hybridized carbons (Fsp3) is 0.417. The molecule has 0 radical (unpaired) electrons. The summed E-state index contributed by atoms with van der Waals surface area (Å²) in [7, 11) is 0. The lowest BCUT2D eigenvalue weighted by molar-refractivity contribution is -0.138. The molecule has 2 fully saturated rings. The number of amides is 1. The van der Waals surface area contributed by atoms with Crippen molar-refractivity contribution >= 4 is 11.9 Å². The van der Waals surface area contributed by atoms with E-state index < -0.39 is 0 Å². The molecule has 32 heavy (non-hydrogen) atoms. The van der Waals surface area contributed by atoms with Crippen molar-refractivity contribution in [1.82, 2.24) is 19.9 Å². The third-order valence-electron chi connectivity index (χ3n) is 6.34. The molecule has 1 amide bonds. The Balaban J connectivity index is 1.20. The van der Waals surface area contributed by atoms with Gasteiger partial charge in [-0.15, -0.1) is 0 Å². The molecule has 2 saturated heterocycles. The second-order valence-electron chi connectivity index (χ2n) is 8.45. The molecule has 4 heterocycles. The SMILES string of the molecule is Cc1oc(-c2ccccc2)nc1CC(=O)N1CCC2(CC1)CN(c1ncccn1)CCO2. The minimum absolute atomic E-state index is 0.0786. The van der Waals surface area contributed by atoms with Crippen LogP contribution in [0.4, 0.5) is 5.95 Å². The number of anilines is 1. The molecule has 8 heteroatoms. The Morgan fingerprint density at radius 2 is 1.81 bits per heavy atom. The highest BCUT2D eigenvalue weighted by Gasteiger charge is 2.41. The molecular weight excluding hydrogens is 406 g/mol. The quantitative estimate of drug-likeness (QED) is 0.625. The van der Waals surface area contributed by atoms with Crippen LogP contribution in [0.1, 0.15) is 24.3 Å². The van der Waals surface area contributed by atoms with E-state index in [9.17, 15) is 4.79 Å². The van der Waals surface area contributed by atoms with Crippen LogP contribution in [0.5, 0.6) is 0 Å². The van der Waals surface area contributed by atoms with Crippen LogP contribution in [0, 0.1) is 6.92 Å². The van der Waals surface area contributed by atoms with Crippen LogP contribution >= 0.6 is 0 Å². The summed E-state index contributed by atoms with van der Waals surface area (Å²) >= 11 is 0. The van der Waals surface area contributed by atoms with Crippen LogP contribution in [-0.4, -0.2) is 64.1 Å². The standard InChI is InChI=1S/C24H27N5O3/c1-18-20(27-22(32-18)19-6-3-2-4-7-19)16-21(30)28-12-8-24(9-13-28)17-29(14-15-31-24)23-25-10-5-11-26-23/h2-7,10-11H,8-9,12-17H2,1H3. The van der Waals surface area contributed by atoms with Crippen molar-refractivity contribution in [3.63, 3.8) is 0 Å². The van der Waals surface area contributed by atoms with E-state index in [0.717, 1.165) is 37.4 Å². The maximum Gasteiger partial charge on any atom is 0.228 e. The molecule has 1 spiro atoms. The van der Waals surface area contributed by atoms with Gasteiger partial charge in [-0.25, -0.2) is 15.0 Å². The van der Waals surface area contributed by atoms with Gasteiger partial charge in [0.15, 0.2) is 0 Å². The first-order valence-electron chi connectivity index (χ1n) is 11.1. The molecule has 2 aromatic heterocycles. The van der Waals surface area contributed by atoms with Gasteiger partial charge in [0.1, 0.15) is 5.76 Å². The van der Waals surface area contributed by atoms with E-state index in [1.54, 1.807) is 12.4 Å². The van der Waals surface area contributed by atoms with Gasteiger partial charge < -0.3 is 19.0 Å². The highest BCUT2D eigenvalue weighted by Crippen LogP contribution is 2.31. The van der Waals surface area contributed by atoms with Crippen molar-refractivity contribution in [1.29, 1.82) is 0 Å². The summed E-state index contributed by atoms with van der Waals surface area (Å²) in [4.78, 5) is 30.4. The minimum Gasteiger partial charge on any atom is -0.441 e. The fourth-order valence-electron chi connectivity index (χ4n) is 4.49. The van der Waals surface area contributed by atoms with Gasteiger partial charge in [-0.05, 0) is 38.0 Å². The van der Waals surface area contributed by atoms with Crippen LogP contribution in [0.15, 0.2) is 53.2 Å². The lowest BCUT2D eigenvalue weighted by Gasteiger charge is -2.47. The van der Waals surface area contributed by atoms with Crippen LogP contribution in [0.25, 0.3) is 11.5 Å². The fourth-order valence-corrected chi connectivity index (χ4v) is 4.49. The lowest BCUT2D eigenvalue weighted by Crippen LogP contribution is -2.58. The largest absolute Gasteiger partial charge is 0.441 e. The van der Waals surface area contributed by atoms with Gasteiger partial charge in [-0.3, -0.25) is 4.79 Å². The molecule has 5 rings (SSSR count). The number of benzene rings is 1. The summed E-state index contributed by atoms with van der Waals surface area (Å²) in [6.45, 7) is 5.39. The van der Waals surface area contributed by atoms with E-state index in [1.807, 2.05) is 48.2 Å². The summed E-state index contributed by atoms with van der Waals surface area (Å²) in [5.41, 5.74) is 1.37. The topological polar surface area (TPSA) is 84.6 Å². The summed E-state index contributed by atoms with van der Waals surface area (Å²) in [6, 6.07) is 11.6. The maximum atomic E-state index is 13.0. The Bertz CT molecular complexity index is 1060. The Morgan fingerprint density at radius 3 is 2.56 bits per heavy atom. The number of carbonyl (C=O) groups excluding carboxylic acids is 1. The van der Waals surface area contributed by atoms with Crippen LogP contribution < -0.4 is 4.90 Å². The van der Waals surface area contributed by atoms with Gasteiger partial charge in [-0.1, -0.05) is 18.2 Å². The van der Waals surface area contributed by atoms with Gasteiger partial charge in [0.05, 0.1) is 30.9 Å². The molecule has 1 aromatic carbocycles. The second-order valence-corrected chi connectivity index (χ2v) is 8.45. The first kappa shape index (κ1) is 20.6. The van der Waals surface area contributed by atoms with E-state index in [4.69, 9.17) is 9.15 Å². The van der Waals surface area contributed by atoms with Crippen LogP contribution in [-0.2, 0) is 16.0 Å². The van der Waals surface area contributed by atoms with Gasteiger partial charge in [-0.2, -0.15) is 0 Å². The number of rotatable bonds is 4. The Morgan fingerprint density at radius 1 is 1.06 bits per heavy atom. The van der Waals surface area contributed by atoms with Gasteiger partial charge in [0, 0.05) is 37.6 Å². The summed E-state index contributed by atoms with van der Waals surface area (Å²) in [5, 5.41) is 0. The zero-order chi connectivity index (χ0) is 22.0. The number of hydrogen-bond donors (Lipinski definition) is 0. The average Bonchev–Trinajstić information content (AvgIpc) is 3.21. The Kier molecular flexibility index (Phi) is 5.61. The first-order valence-corrected chi connectivity index (χ1v) is 11.1. The van der Waals surface area contributed by atoms with E-state index >= 15 is 0 Å². The van der Waals surface area contributed by atoms with Gasteiger partial charge in [0.25, 0.3) is 0 Å². The van der Waals surface area contributed by atoms with Crippen LogP contribution in [0.3, 0.4) is 0 Å². The maximum absolute atomic E-state index is 13.0. The van der Waals surface area contributed by atoms with E-state index in [2.05, 4.69) is 19.9 Å². The Hall–Kier alpha value is -3.26. The number of likely N-dealkylation sites (tertiary alicyclic amines) is 1. The van der Waals surface area contributed by atoms with Crippen molar-refractivity contribution in [2.45, 2.75) is 31.8 Å². The Labute approximate surface area is 187 Å². The molecule has 0 saturated carbocycles. The third-order valence-corrected chi connectivity index (χ3v) is 6.34.